The molecule has 0 unspecified atom stereocenters. The zero-order chi connectivity index (χ0) is 22.9. The van der Waals surface area contributed by atoms with Crippen LogP contribution in [0.15, 0.2) is 59.6 Å². The normalized spacial score (nSPS) is 16.6. The average Bonchev–Trinajstić information content (AvgIpc) is 3.28. The summed E-state index contributed by atoms with van der Waals surface area (Å²) in [4.78, 5) is 21.9. The third-order valence-corrected chi connectivity index (χ3v) is 6.53. The maximum atomic E-state index is 12.7. The molecule has 2 N–H and O–H groups in total. The smallest absolute Gasteiger partial charge is 0.227 e. The molecule has 0 atom stereocenters. The number of nitrogens with zero attached hydrogens (tertiary/aromatic N) is 3. The Hall–Kier alpha value is -2.13. The number of piperidine rings is 1. The van der Waals surface area contributed by atoms with Crippen LogP contribution < -0.4 is 15.5 Å². The molecule has 184 valence electrons. The number of fused-ring (bicyclic) bond motifs is 1. The first kappa shape index (κ1) is 26.5. The lowest BCUT2D eigenvalue weighted by Crippen LogP contribution is -2.48. The fraction of sp³-hybridized carbons (Fsp3) is 0.481. The molecule has 1 saturated heterocycles. The lowest BCUT2D eigenvalue weighted by atomic mass is 10.0. The van der Waals surface area contributed by atoms with Crippen LogP contribution in [0.25, 0.3) is 0 Å². The van der Waals surface area contributed by atoms with Crippen LogP contribution in [0.5, 0.6) is 0 Å². The highest BCUT2D eigenvalue weighted by Crippen LogP contribution is 2.28. The van der Waals surface area contributed by atoms with E-state index in [9.17, 15) is 4.79 Å². The zero-order valence-corrected chi connectivity index (χ0v) is 22.5. The summed E-state index contributed by atoms with van der Waals surface area (Å²) in [7, 11) is 0. The van der Waals surface area contributed by atoms with Gasteiger partial charge in [-0.15, -0.1) is 24.0 Å². The van der Waals surface area contributed by atoms with Crippen LogP contribution in [0.1, 0.15) is 43.7 Å². The fourth-order valence-corrected chi connectivity index (χ4v) is 4.74. The van der Waals surface area contributed by atoms with Crippen molar-refractivity contribution < 1.29 is 4.79 Å². The molecule has 34 heavy (non-hydrogen) atoms. The number of likely N-dealkylation sites (tertiary alicyclic amines) is 1. The molecule has 1 amide bonds. The van der Waals surface area contributed by atoms with Gasteiger partial charge in [0.15, 0.2) is 5.96 Å². The van der Waals surface area contributed by atoms with E-state index in [4.69, 9.17) is 4.99 Å². The van der Waals surface area contributed by atoms with Gasteiger partial charge in [0.25, 0.3) is 0 Å². The molecule has 2 aliphatic heterocycles. The van der Waals surface area contributed by atoms with E-state index in [1.165, 1.54) is 11.1 Å². The number of amides is 1. The molecular weight excluding hydrogens is 537 g/mol. The number of nitrogens with one attached hydrogen (secondary N) is 2. The van der Waals surface area contributed by atoms with Crippen molar-refractivity contribution in [3.63, 3.8) is 0 Å². The summed E-state index contributed by atoms with van der Waals surface area (Å²) in [5.41, 5.74) is 3.74. The van der Waals surface area contributed by atoms with Gasteiger partial charge in [-0.05, 0) is 49.8 Å². The summed E-state index contributed by atoms with van der Waals surface area (Å²) in [5, 5.41) is 6.98. The third-order valence-electron chi connectivity index (χ3n) is 6.53. The van der Waals surface area contributed by atoms with Gasteiger partial charge < -0.3 is 15.5 Å². The van der Waals surface area contributed by atoms with Gasteiger partial charge in [-0.25, -0.2) is 0 Å². The molecule has 0 aromatic heterocycles. The summed E-state index contributed by atoms with van der Waals surface area (Å²) in [6.45, 7) is 7.60. The Morgan fingerprint density at radius 2 is 1.76 bits per heavy atom. The predicted octanol–water partition coefficient (Wildman–Crippen LogP) is 4.19. The molecule has 0 saturated carbocycles. The first-order valence-corrected chi connectivity index (χ1v) is 12.4. The minimum atomic E-state index is 0. The van der Waals surface area contributed by atoms with Gasteiger partial charge in [0, 0.05) is 57.4 Å². The van der Waals surface area contributed by atoms with Gasteiger partial charge in [0.05, 0.1) is 0 Å². The van der Waals surface area contributed by atoms with Crippen LogP contribution in [0.4, 0.5) is 5.69 Å². The number of guanidine groups is 1. The number of halogens is 1. The van der Waals surface area contributed by atoms with E-state index < -0.39 is 0 Å². The minimum absolute atomic E-state index is 0. The zero-order valence-electron chi connectivity index (χ0n) is 20.2. The Morgan fingerprint density at radius 3 is 2.53 bits per heavy atom. The van der Waals surface area contributed by atoms with E-state index in [1.54, 1.807) is 0 Å². The molecule has 2 aromatic rings. The highest BCUT2D eigenvalue weighted by atomic mass is 127. The number of aliphatic imine (C=N–C) groups is 1. The van der Waals surface area contributed by atoms with Crippen molar-refractivity contribution in [1.29, 1.82) is 0 Å². The summed E-state index contributed by atoms with van der Waals surface area (Å²) >= 11 is 0. The maximum absolute atomic E-state index is 12.7. The number of carbonyl (C=O) groups excluding carboxylic acids is 1. The Bertz CT molecular complexity index is 928. The third kappa shape index (κ3) is 7.43. The largest absolute Gasteiger partial charge is 0.357 e. The molecule has 0 spiro atoms. The summed E-state index contributed by atoms with van der Waals surface area (Å²) < 4.78 is 0. The van der Waals surface area contributed by atoms with Crippen molar-refractivity contribution in [2.75, 3.05) is 37.6 Å². The van der Waals surface area contributed by atoms with Crippen molar-refractivity contribution >= 4 is 41.5 Å². The van der Waals surface area contributed by atoms with Crippen molar-refractivity contribution in [2.24, 2.45) is 4.99 Å². The van der Waals surface area contributed by atoms with Gasteiger partial charge in [0.1, 0.15) is 0 Å². The van der Waals surface area contributed by atoms with Crippen LogP contribution in [0, 0.1) is 0 Å². The van der Waals surface area contributed by atoms with E-state index in [-0.39, 0.29) is 29.9 Å². The second-order valence-electron chi connectivity index (χ2n) is 8.97. The van der Waals surface area contributed by atoms with Gasteiger partial charge in [-0.2, -0.15) is 0 Å². The summed E-state index contributed by atoms with van der Waals surface area (Å²) in [6, 6.07) is 19.4. The topological polar surface area (TPSA) is 60.0 Å². The van der Waals surface area contributed by atoms with E-state index >= 15 is 0 Å². The number of hydrogen-bond acceptors (Lipinski definition) is 3. The first-order valence-electron chi connectivity index (χ1n) is 12.4. The van der Waals surface area contributed by atoms with Crippen LogP contribution in [0.2, 0.25) is 0 Å². The molecule has 2 heterocycles. The van der Waals surface area contributed by atoms with Crippen LogP contribution in [0.3, 0.4) is 0 Å². The van der Waals surface area contributed by atoms with E-state index in [2.05, 4.69) is 64.9 Å². The lowest BCUT2D eigenvalue weighted by molar-refractivity contribution is -0.118. The average molecular weight is 576 g/mol. The quantitative estimate of drug-likeness (QED) is 0.215. The molecule has 2 aromatic carbocycles. The van der Waals surface area contributed by atoms with Crippen LogP contribution in [-0.4, -0.2) is 55.5 Å². The SMILES string of the molecule is CCNC(=NCCCC(=O)N1CCc2ccccc21)NC1CCN(Cc2ccccc2)CC1.I. The molecule has 7 heteroatoms. The summed E-state index contributed by atoms with van der Waals surface area (Å²) in [6.07, 6.45) is 4.49. The van der Waals surface area contributed by atoms with E-state index in [1.807, 2.05) is 17.0 Å². The fourth-order valence-electron chi connectivity index (χ4n) is 4.74. The minimum Gasteiger partial charge on any atom is -0.357 e. The van der Waals surface area contributed by atoms with Gasteiger partial charge in [-0.3, -0.25) is 14.7 Å². The molecule has 1 fully saturated rings. The molecular formula is C27H38IN5O. The highest BCUT2D eigenvalue weighted by molar-refractivity contribution is 14.0. The Morgan fingerprint density at radius 1 is 1.03 bits per heavy atom. The highest BCUT2D eigenvalue weighted by Gasteiger charge is 2.23. The molecule has 6 nitrogen and oxygen atoms in total. The monoisotopic (exact) mass is 575 g/mol. The molecule has 0 bridgehead atoms. The predicted molar refractivity (Wildman–Crippen MR) is 151 cm³/mol. The number of hydrogen-bond donors (Lipinski definition) is 2. The summed E-state index contributed by atoms with van der Waals surface area (Å²) in [5.74, 6) is 1.08. The van der Waals surface area contributed by atoms with Gasteiger partial charge >= 0.3 is 0 Å². The number of benzene rings is 2. The van der Waals surface area contributed by atoms with Gasteiger partial charge in [-0.1, -0.05) is 48.5 Å². The van der Waals surface area contributed by atoms with Crippen LogP contribution >= 0.6 is 24.0 Å². The van der Waals surface area contributed by atoms with Crippen molar-refractivity contribution in [3.05, 3.63) is 65.7 Å². The van der Waals surface area contributed by atoms with Crippen molar-refractivity contribution in [2.45, 2.75) is 51.6 Å². The molecule has 0 aliphatic carbocycles. The number of anilines is 1. The van der Waals surface area contributed by atoms with E-state index in [0.29, 0.717) is 19.0 Å². The van der Waals surface area contributed by atoms with Gasteiger partial charge in [0.2, 0.25) is 5.91 Å². The second-order valence-corrected chi connectivity index (χ2v) is 8.97. The lowest BCUT2D eigenvalue weighted by Gasteiger charge is -2.33. The Labute approximate surface area is 221 Å². The maximum Gasteiger partial charge on any atom is 0.227 e. The molecule has 4 rings (SSSR count). The molecule has 2 aliphatic rings. The molecule has 0 radical (unpaired) electrons. The second kappa shape index (κ2) is 13.7. The first-order chi connectivity index (χ1) is 16.2. The van der Waals surface area contributed by atoms with Crippen molar-refractivity contribution in [1.82, 2.24) is 15.5 Å². The number of para-hydroxylation sites is 1. The Kier molecular flexibility index (Phi) is 10.7. The van der Waals surface area contributed by atoms with E-state index in [0.717, 1.165) is 70.1 Å². The van der Waals surface area contributed by atoms with Crippen molar-refractivity contribution in [3.8, 4) is 0 Å². The standard InChI is InChI=1S/C27H37N5O.HI/c1-2-28-27(30-24-15-18-31(19-16-24)21-22-9-4-3-5-10-22)29-17-8-13-26(33)32-20-14-23-11-6-7-12-25(23)32;/h3-7,9-12,24H,2,8,13-21H2,1H3,(H2,28,29,30);1H. The number of rotatable bonds is 8. The van der Waals surface area contributed by atoms with Crippen LogP contribution in [-0.2, 0) is 17.8 Å². The number of carbonyl (C=O) groups is 1. The Balaban J connectivity index is 0.00000324.